The van der Waals surface area contributed by atoms with Crippen molar-refractivity contribution in [3.05, 3.63) is 71.8 Å². The molecule has 24 heavy (non-hydrogen) atoms. The highest BCUT2D eigenvalue weighted by Gasteiger charge is 2.41. The number of nitrogens with one attached hydrogen (secondary N) is 1. The average molecular weight is 323 g/mol. The number of carbonyl (C=O) groups is 1. The summed E-state index contributed by atoms with van der Waals surface area (Å²) < 4.78 is 5.51. The molecule has 2 aromatic rings. The predicted octanol–water partition coefficient (Wildman–Crippen LogP) is 3.65. The van der Waals surface area contributed by atoms with E-state index in [9.17, 15) is 4.79 Å². The highest BCUT2D eigenvalue weighted by molar-refractivity contribution is 5.88. The zero-order valence-corrected chi connectivity index (χ0v) is 14.2. The molecule has 1 saturated heterocycles. The van der Waals surface area contributed by atoms with E-state index in [4.69, 9.17) is 4.74 Å². The summed E-state index contributed by atoms with van der Waals surface area (Å²) in [5.41, 5.74) is 1.88. The smallest absolute Gasteiger partial charge is 0.230 e. The van der Waals surface area contributed by atoms with Crippen LogP contribution in [0.25, 0.3) is 0 Å². The van der Waals surface area contributed by atoms with Gasteiger partial charge in [0.25, 0.3) is 0 Å². The van der Waals surface area contributed by atoms with E-state index in [0.29, 0.717) is 25.7 Å². The summed E-state index contributed by atoms with van der Waals surface area (Å²) in [6.45, 7) is 4.07. The molecular formula is C21H25NO2. The van der Waals surface area contributed by atoms with Gasteiger partial charge in [0.2, 0.25) is 5.91 Å². The molecule has 126 valence electrons. The van der Waals surface area contributed by atoms with Crippen molar-refractivity contribution in [1.82, 2.24) is 5.32 Å². The second kappa shape index (κ2) is 7.63. The Morgan fingerprint density at radius 2 is 1.62 bits per heavy atom. The number of carbonyl (C=O) groups excluding carboxylic acids is 1. The molecule has 1 amide bonds. The molecule has 0 aromatic heterocycles. The second-order valence-electron chi connectivity index (χ2n) is 6.58. The molecular weight excluding hydrogens is 298 g/mol. The third-order valence-corrected chi connectivity index (χ3v) is 5.04. The Morgan fingerprint density at radius 1 is 1.04 bits per heavy atom. The maximum absolute atomic E-state index is 13.1. The largest absolute Gasteiger partial charge is 0.381 e. The molecule has 0 bridgehead atoms. The third-order valence-electron chi connectivity index (χ3n) is 5.04. The second-order valence-corrected chi connectivity index (χ2v) is 6.58. The van der Waals surface area contributed by atoms with E-state index >= 15 is 0 Å². The molecule has 1 heterocycles. The van der Waals surface area contributed by atoms with Crippen LogP contribution < -0.4 is 5.32 Å². The molecule has 0 unspecified atom stereocenters. The Labute approximate surface area is 144 Å². The van der Waals surface area contributed by atoms with Gasteiger partial charge in [-0.25, -0.2) is 0 Å². The van der Waals surface area contributed by atoms with Gasteiger partial charge in [0, 0.05) is 19.8 Å². The minimum atomic E-state index is -0.462. The van der Waals surface area contributed by atoms with Crippen LogP contribution in [-0.4, -0.2) is 25.7 Å². The number of benzene rings is 2. The fourth-order valence-corrected chi connectivity index (χ4v) is 3.44. The number of hydrogen-bond acceptors (Lipinski definition) is 2. The average Bonchev–Trinajstić information content (AvgIpc) is 2.67. The first-order valence-corrected chi connectivity index (χ1v) is 8.69. The van der Waals surface area contributed by atoms with Crippen molar-refractivity contribution in [3.63, 3.8) is 0 Å². The summed E-state index contributed by atoms with van der Waals surface area (Å²) in [6, 6.07) is 20.4. The van der Waals surface area contributed by atoms with E-state index in [2.05, 4.69) is 36.5 Å². The predicted molar refractivity (Wildman–Crippen MR) is 96.0 cm³/mol. The molecule has 1 aliphatic heterocycles. The van der Waals surface area contributed by atoms with E-state index in [0.717, 1.165) is 18.4 Å². The van der Waals surface area contributed by atoms with Gasteiger partial charge < -0.3 is 10.1 Å². The maximum atomic E-state index is 13.1. The van der Waals surface area contributed by atoms with Crippen molar-refractivity contribution in [3.8, 4) is 0 Å². The summed E-state index contributed by atoms with van der Waals surface area (Å²) in [5, 5.41) is 3.20. The monoisotopic (exact) mass is 323 g/mol. The summed E-state index contributed by atoms with van der Waals surface area (Å²) in [4.78, 5) is 13.1. The quantitative estimate of drug-likeness (QED) is 0.912. The molecule has 1 atom stereocenters. The van der Waals surface area contributed by atoms with E-state index in [1.165, 1.54) is 5.56 Å². The van der Waals surface area contributed by atoms with Crippen LogP contribution in [0, 0.1) is 0 Å². The van der Waals surface area contributed by atoms with E-state index in [1.807, 2.05) is 36.4 Å². The van der Waals surface area contributed by atoms with Gasteiger partial charge >= 0.3 is 0 Å². The first-order chi connectivity index (χ1) is 11.7. The minimum absolute atomic E-state index is 0.125. The van der Waals surface area contributed by atoms with Gasteiger partial charge in [-0.1, -0.05) is 67.6 Å². The molecule has 0 saturated carbocycles. The molecule has 0 aliphatic carbocycles. The minimum Gasteiger partial charge on any atom is -0.381 e. The Balaban J connectivity index is 1.73. The fourth-order valence-electron chi connectivity index (χ4n) is 3.44. The Bertz CT molecular complexity index is 648. The number of rotatable bonds is 5. The number of amides is 1. The van der Waals surface area contributed by atoms with Crippen LogP contribution in [0.5, 0.6) is 0 Å². The van der Waals surface area contributed by atoms with Crippen LogP contribution in [0.15, 0.2) is 60.7 Å². The van der Waals surface area contributed by atoms with Crippen molar-refractivity contribution < 1.29 is 9.53 Å². The van der Waals surface area contributed by atoms with Crippen LogP contribution >= 0.6 is 0 Å². The SMILES string of the molecule is C[C@@H](CNC(=O)C1(c2ccccc2)CCOCC1)c1ccccc1. The molecule has 3 rings (SSSR count). The van der Waals surface area contributed by atoms with Crippen molar-refractivity contribution in [2.75, 3.05) is 19.8 Å². The van der Waals surface area contributed by atoms with Crippen LogP contribution in [0.4, 0.5) is 0 Å². The van der Waals surface area contributed by atoms with Gasteiger partial charge in [-0.3, -0.25) is 4.79 Å². The Kier molecular flexibility index (Phi) is 5.31. The van der Waals surface area contributed by atoms with Gasteiger partial charge in [-0.2, -0.15) is 0 Å². The van der Waals surface area contributed by atoms with E-state index in [-0.39, 0.29) is 5.91 Å². The number of ether oxygens (including phenoxy) is 1. The fraction of sp³-hybridized carbons (Fsp3) is 0.381. The van der Waals surface area contributed by atoms with Crippen molar-refractivity contribution >= 4 is 5.91 Å². The molecule has 0 radical (unpaired) electrons. The number of hydrogen-bond donors (Lipinski definition) is 1. The normalized spacial score (nSPS) is 17.9. The molecule has 1 fully saturated rings. The Hall–Kier alpha value is -2.13. The third kappa shape index (κ3) is 3.51. The summed E-state index contributed by atoms with van der Waals surface area (Å²) in [5.74, 6) is 0.419. The van der Waals surface area contributed by atoms with E-state index in [1.54, 1.807) is 0 Å². The van der Waals surface area contributed by atoms with Crippen molar-refractivity contribution in [1.29, 1.82) is 0 Å². The standard InChI is InChI=1S/C21H25NO2/c1-17(18-8-4-2-5-9-18)16-22-20(23)21(12-14-24-15-13-21)19-10-6-3-7-11-19/h2-11,17H,12-16H2,1H3,(H,22,23)/t17-/m0/s1. The van der Waals surface area contributed by atoms with Crippen LogP contribution in [0.2, 0.25) is 0 Å². The van der Waals surface area contributed by atoms with Crippen LogP contribution in [0.3, 0.4) is 0 Å². The van der Waals surface area contributed by atoms with Crippen molar-refractivity contribution in [2.45, 2.75) is 31.1 Å². The van der Waals surface area contributed by atoms with E-state index < -0.39 is 5.41 Å². The maximum Gasteiger partial charge on any atom is 0.230 e. The van der Waals surface area contributed by atoms with Crippen molar-refractivity contribution in [2.24, 2.45) is 0 Å². The molecule has 1 aliphatic rings. The summed E-state index contributed by atoms with van der Waals surface area (Å²) in [7, 11) is 0. The lowest BCUT2D eigenvalue weighted by Gasteiger charge is -2.36. The van der Waals surface area contributed by atoms with Gasteiger partial charge in [-0.05, 0) is 29.9 Å². The van der Waals surface area contributed by atoms with Gasteiger partial charge in [0.1, 0.15) is 0 Å². The van der Waals surface area contributed by atoms with Gasteiger partial charge in [-0.15, -0.1) is 0 Å². The van der Waals surface area contributed by atoms with Crippen LogP contribution in [0.1, 0.15) is 36.8 Å². The zero-order valence-electron chi connectivity index (χ0n) is 14.2. The topological polar surface area (TPSA) is 38.3 Å². The van der Waals surface area contributed by atoms with Gasteiger partial charge in [0.15, 0.2) is 0 Å². The lowest BCUT2D eigenvalue weighted by molar-refractivity contribution is -0.130. The molecule has 2 aromatic carbocycles. The molecule has 3 heteroatoms. The van der Waals surface area contributed by atoms with Gasteiger partial charge in [0.05, 0.1) is 5.41 Å². The first kappa shape index (κ1) is 16.7. The lowest BCUT2D eigenvalue weighted by Crippen LogP contribution is -2.48. The zero-order chi connectivity index (χ0) is 16.8. The molecule has 1 N–H and O–H groups in total. The highest BCUT2D eigenvalue weighted by atomic mass is 16.5. The summed E-state index contributed by atoms with van der Waals surface area (Å²) in [6.07, 6.45) is 1.48. The lowest BCUT2D eigenvalue weighted by atomic mass is 9.73. The Morgan fingerprint density at radius 3 is 2.25 bits per heavy atom. The molecule has 0 spiro atoms. The van der Waals surface area contributed by atoms with Crippen LogP contribution in [-0.2, 0) is 14.9 Å². The molecule has 3 nitrogen and oxygen atoms in total. The summed E-state index contributed by atoms with van der Waals surface area (Å²) >= 11 is 0. The highest BCUT2D eigenvalue weighted by Crippen LogP contribution is 2.35. The first-order valence-electron chi connectivity index (χ1n) is 8.69.